The number of likely N-dealkylation sites (tertiary alicyclic amines) is 1. The highest BCUT2D eigenvalue weighted by atomic mass is 19.1. The highest BCUT2D eigenvalue weighted by molar-refractivity contribution is 5.17. The molecule has 0 aromatic heterocycles. The van der Waals surface area contributed by atoms with E-state index in [-0.39, 0.29) is 5.82 Å². The van der Waals surface area contributed by atoms with Gasteiger partial charge < -0.3 is 0 Å². The second kappa shape index (κ2) is 3.31. The molecular formula is C13H15FN. The first-order chi connectivity index (χ1) is 7.26. The number of rotatable bonds is 2. The minimum atomic E-state index is -0.146. The quantitative estimate of drug-likeness (QED) is 0.715. The second-order valence-corrected chi connectivity index (χ2v) is 4.97. The molecule has 0 atom stereocenters. The highest BCUT2D eigenvalue weighted by Crippen LogP contribution is 2.47. The molecule has 15 heavy (non-hydrogen) atoms. The third-order valence-electron chi connectivity index (χ3n) is 3.59. The summed E-state index contributed by atoms with van der Waals surface area (Å²) in [4.78, 5) is 2.44. The SMILES string of the molecule is Fc1ccc(CN2CC3(C[CH]C3)C2)cc1. The molecule has 1 nitrogen and oxygen atoms in total. The Bertz CT molecular complexity index is 345. The van der Waals surface area contributed by atoms with Gasteiger partial charge in [0.15, 0.2) is 0 Å². The zero-order valence-corrected chi connectivity index (χ0v) is 8.75. The van der Waals surface area contributed by atoms with Crippen LogP contribution >= 0.6 is 0 Å². The fourth-order valence-electron chi connectivity index (χ4n) is 2.67. The molecule has 1 aliphatic carbocycles. The second-order valence-electron chi connectivity index (χ2n) is 4.97. The maximum atomic E-state index is 12.7. The van der Waals surface area contributed by atoms with E-state index in [1.165, 1.54) is 31.5 Å². The molecule has 1 saturated carbocycles. The number of benzene rings is 1. The average molecular weight is 204 g/mol. The fourth-order valence-corrected chi connectivity index (χ4v) is 2.67. The third kappa shape index (κ3) is 1.67. The summed E-state index contributed by atoms with van der Waals surface area (Å²) in [6, 6.07) is 6.85. The van der Waals surface area contributed by atoms with Crippen molar-refractivity contribution in [2.75, 3.05) is 13.1 Å². The Morgan fingerprint density at radius 3 is 2.33 bits per heavy atom. The molecular weight excluding hydrogens is 189 g/mol. The van der Waals surface area contributed by atoms with E-state index >= 15 is 0 Å². The van der Waals surface area contributed by atoms with Crippen LogP contribution < -0.4 is 0 Å². The van der Waals surface area contributed by atoms with Gasteiger partial charge in [0, 0.05) is 19.6 Å². The van der Waals surface area contributed by atoms with Crippen LogP contribution in [0.3, 0.4) is 0 Å². The number of nitrogens with zero attached hydrogens (tertiary/aromatic N) is 1. The Hall–Kier alpha value is -0.890. The van der Waals surface area contributed by atoms with Crippen molar-refractivity contribution in [2.24, 2.45) is 5.41 Å². The molecule has 1 saturated heterocycles. The van der Waals surface area contributed by atoms with Crippen LogP contribution in [0.4, 0.5) is 4.39 Å². The van der Waals surface area contributed by atoms with E-state index in [0.717, 1.165) is 6.54 Å². The number of hydrogen-bond acceptors (Lipinski definition) is 1. The van der Waals surface area contributed by atoms with Crippen molar-refractivity contribution in [2.45, 2.75) is 19.4 Å². The number of halogens is 1. The Morgan fingerprint density at radius 1 is 1.13 bits per heavy atom. The van der Waals surface area contributed by atoms with Gasteiger partial charge in [-0.15, -0.1) is 0 Å². The topological polar surface area (TPSA) is 3.24 Å². The lowest BCUT2D eigenvalue weighted by molar-refractivity contribution is -0.0384. The molecule has 1 aliphatic heterocycles. The van der Waals surface area contributed by atoms with Crippen molar-refractivity contribution >= 4 is 0 Å². The van der Waals surface area contributed by atoms with Crippen LogP contribution in [0.5, 0.6) is 0 Å². The van der Waals surface area contributed by atoms with Crippen molar-refractivity contribution in [3.63, 3.8) is 0 Å². The summed E-state index contributed by atoms with van der Waals surface area (Å²) in [6.07, 6.45) is 4.97. The van der Waals surface area contributed by atoms with Gasteiger partial charge in [-0.25, -0.2) is 4.39 Å². The van der Waals surface area contributed by atoms with E-state index in [9.17, 15) is 4.39 Å². The van der Waals surface area contributed by atoms with Gasteiger partial charge >= 0.3 is 0 Å². The summed E-state index contributed by atoms with van der Waals surface area (Å²) in [5, 5.41) is 0. The minimum absolute atomic E-state index is 0.146. The lowest BCUT2D eigenvalue weighted by Crippen LogP contribution is -2.59. The summed E-state index contributed by atoms with van der Waals surface area (Å²) in [6.45, 7) is 3.42. The maximum absolute atomic E-state index is 12.7. The van der Waals surface area contributed by atoms with Crippen molar-refractivity contribution in [3.8, 4) is 0 Å². The van der Waals surface area contributed by atoms with Crippen LogP contribution in [0.25, 0.3) is 0 Å². The zero-order chi connectivity index (χ0) is 10.3. The molecule has 1 aromatic rings. The molecule has 79 valence electrons. The van der Waals surface area contributed by atoms with Crippen LogP contribution in [0.2, 0.25) is 0 Å². The summed E-state index contributed by atoms with van der Waals surface area (Å²) in [5.41, 5.74) is 1.86. The molecule has 3 rings (SSSR count). The molecule has 0 amide bonds. The van der Waals surface area contributed by atoms with Gasteiger partial charge in [0.05, 0.1) is 0 Å². The molecule has 0 N–H and O–H groups in total. The average Bonchev–Trinajstić information content (AvgIpc) is 2.10. The van der Waals surface area contributed by atoms with E-state index in [1.807, 2.05) is 12.1 Å². The molecule has 1 aromatic carbocycles. The predicted molar refractivity (Wildman–Crippen MR) is 57.6 cm³/mol. The van der Waals surface area contributed by atoms with Gasteiger partial charge in [-0.1, -0.05) is 12.1 Å². The standard InChI is InChI=1S/C13H15FN/c14-12-4-2-11(3-5-12)8-15-9-13(10-15)6-1-7-13/h1-5H,6-10H2. The normalized spacial score (nSPS) is 23.5. The van der Waals surface area contributed by atoms with Crippen molar-refractivity contribution in [1.29, 1.82) is 0 Å². The zero-order valence-electron chi connectivity index (χ0n) is 8.75. The van der Waals surface area contributed by atoms with E-state index in [2.05, 4.69) is 11.3 Å². The Morgan fingerprint density at radius 2 is 1.80 bits per heavy atom. The van der Waals surface area contributed by atoms with Gasteiger partial charge in [0.25, 0.3) is 0 Å². The van der Waals surface area contributed by atoms with Crippen LogP contribution in [-0.4, -0.2) is 18.0 Å². The van der Waals surface area contributed by atoms with Gasteiger partial charge in [-0.2, -0.15) is 0 Å². The molecule has 1 heterocycles. The van der Waals surface area contributed by atoms with Crippen LogP contribution in [-0.2, 0) is 6.54 Å². The Labute approximate surface area is 89.9 Å². The van der Waals surface area contributed by atoms with Gasteiger partial charge in [-0.05, 0) is 42.4 Å². The first-order valence-electron chi connectivity index (χ1n) is 5.54. The van der Waals surface area contributed by atoms with E-state index in [4.69, 9.17) is 0 Å². The van der Waals surface area contributed by atoms with E-state index in [0.29, 0.717) is 5.41 Å². The van der Waals surface area contributed by atoms with Crippen LogP contribution in [0.15, 0.2) is 24.3 Å². The molecule has 1 radical (unpaired) electrons. The third-order valence-corrected chi connectivity index (χ3v) is 3.59. The van der Waals surface area contributed by atoms with E-state index < -0.39 is 0 Å². The molecule has 2 fully saturated rings. The summed E-state index contributed by atoms with van der Waals surface area (Å²) >= 11 is 0. The lowest BCUT2D eigenvalue weighted by atomic mass is 9.63. The lowest BCUT2D eigenvalue weighted by Gasteiger charge is -2.56. The molecule has 1 spiro atoms. The smallest absolute Gasteiger partial charge is 0.123 e. The Kier molecular flexibility index (Phi) is 2.06. The molecule has 2 aliphatic rings. The fraction of sp³-hybridized carbons (Fsp3) is 0.462. The summed E-state index contributed by atoms with van der Waals surface area (Å²) < 4.78 is 12.7. The first kappa shape index (κ1) is 9.34. The Balaban J connectivity index is 1.56. The van der Waals surface area contributed by atoms with Gasteiger partial charge in [0.2, 0.25) is 0 Å². The number of hydrogen-bond donors (Lipinski definition) is 0. The maximum Gasteiger partial charge on any atom is 0.123 e. The molecule has 0 unspecified atom stereocenters. The van der Waals surface area contributed by atoms with Crippen LogP contribution in [0, 0.1) is 17.7 Å². The van der Waals surface area contributed by atoms with Crippen molar-refractivity contribution in [3.05, 3.63) is 42.1 Å². The summed E-state index contributed by atoms with van der Waals surface area (Å²) in [5.74, 6) is -0.146. The highest BCUT2D eigenvalue weighted by Gasteiger charge is 2.46. The predicted octanol–water partition coefficient (Wildman–Crippen LogP) is 2.63. The van der Waals surface area contributed by atoms with Gasteiger partial charge in [-0.3, -0.25) is 4.90 Å². The summed E-state index contributed by atoms with van der Waals surface area (Å²) in [7, 11) is 0. The molecule has 2 heteroatoms. The minimum Gasteiger partial charge on any atom is -0.298 e. The van der Waals surface area contributed by atoms with Crippen LogP contribution in [0.1, 0.15) is 18.4 Å². The van der Waals surface area contributed by atoms with E-state index in [1.54, 1.807) is 12.1 Å². The first-order valence-corrected chi connectivity index (χ1v) is 5.54. The van der Waals surface area contributed by atoms with Crippen molar-refractivity contribution < 1.29 is 4.39 Å². The largest absolute Gasteiger partial charge is 0.298 e. The van der Waals surface area contributed by atoms with Gasteiger partial charge in [0.1, 0.15) is 5.82 Å². The monoisotopic (exact) mass is 204 g/mol. The molecule has 0 bridgehead atoms. The van der Waals surface area contributed by atoms with Crippen molar-refractivity contribution in [1.82, 2.24) is 4.90 Å².